The number of hydrogen-bond acceptors (Lipinski definition) is 6. The molecular weight excluding hydrogens is 390 g/mol. The van der Waals surface area contributed by atoms with Crippen LogP contribution < -0.4 is 5.32 Å². The Morgan fingerprint density at radius 3 is 2.48 bits per heavy atom. The molecule has 0 aliphatic carbocycles. The quantitative estimate of drug-likeness (QED) is 0.736. The average Bonchev–Trinajstić information content (AvgIpc) is 2.97. The van der Waals surface area contributed by atoms with Crippen LogP contribution in [-0.2, 0) is 14.3 Å². The number of thioether (sulfide) groups is 1. The minimum absolute atomic E-state index is 0.0591. The maximum atomic E-state index is 12.5. The number of benzene rings is 2. The van der Waals surface area contributed by atoms with E-state index in [4.69, 9.17) is 4.74 Å². The topological polar surface area (TPSA) is 88.1 Å². The van der Waals surface area contributed by atoms with Gasteiger partial charge in [-0.05, 0) is 43.3 Å². The zero-order valence-electron chi connectivity index (χ0n) is 16.1. The van der Waals surface area contributed by atoms with Crippen molar-refractivity contribution in [1.82, 2.24) is 4.90 Å². The normalized spacial score (nSPS) is 17.4. The minimum Gasteiger partial charge on any atom is -0.462 e. The van der Waals surface area contributed by atoms with E-state index in [2.05, 4.69) is 10.3 Å². The first-order valence-electron chi connectivity index (χ1n) is 9.13. The lowest BCUT2D eigenvalue weighted by molar-refractivity contribution is -0.127. The number of carbonyl (C=O) groups is 3. The Bertz CT molecular complexity index is 929. The molecule has 2 aromatic rings. The van der Waals surface area contributed by atoms with Crippen LogP contribution in [0, 0.1) is 0 Å². The highest BCUT2D eigenvalue weighted by atomic mass is 32.2. The highest BCUT2D eigenvalue weighted by Gasteiger charge is 2.37. The van der Waals surface area contributed by atoms with E-state index in [-0.39, 0.29) is 18.2 Å². The van der Waals surface area contributed by atoms with Crippen LogP contribution in [0.4, 0.5) is 11.4 Å². The van der Waals surface area contributed by atoms with Crippen LogP contribution in [0.1, 0.15) is 23.7 Å². The first kappa shape index (κ1) is 20.6. The van der Waals surface area contributed by atoms with Crippen molar-refractivity contribution >= 4 is 46.1 Å². The largest absolute Gasteiger partial charge is 0.462 e. The van der Waals surface area contributed by atoms with Gasteiger partial charge in [-0.3, -0.25) is 14.5 Å². The molecule has 2 amide bonds. The number of nitrogens with zero attached hydrogens (tertiary/aromatic N) is 2. The van der Waals surface area contributed by atoms with Crippen LogP contribution in [0.3, 0.4) is 0 Å². The first-order chi connectivity index (χ1) is 14.0. The fourth-order valence-corrected chi connectivity index (χ4v) is 3.85. The van der Waals surface area contributed by atoms with Crippen LogP contribution >= 0.6 is 11.8 Å². The second-order valence-electron chi connectivity index (χ2n) is 6.28. The third kappa shape index (κ3) is 5.23. The summed E-state index contributed by atoms with van der Waals surface area (Å²) in [6.45, 7) is 2.06. The Labute approximate surface area is 173 Å². The van der Waals surface area contributed by atoms with Gasteiger partial charge in [0.15, 0.2) is 5.17 Å². The molecule has 1 aliphatic rings. The predicted octanol–water partition coefficient (Wildman–Crippen LogP) is 3.45. The number of hydrogen-bond donors (Lipinski definition) is 1. The molecule has 0 bridgehead atoms. The van der Waals surface area contributed by atoms with Crippen molar-refractivity contribution in [2.75, 3.05) is 19.0 Å². The smallest absolute Gasteiger partial charge is 0.338 e. The zero-order valence-corrected chi connectivity index (χ0v) is 16.9. The number of ether oxygens (including phenoxy) is 1. The van der Waals surface area contributed by atoms with Gasteiger partial charge in [0.2, 0.25) is 11.8 Å². The van der Waals surface area contributed by atoms with Gasteiger partial charge in [-0.15, -0.1) is 0 Å². The van der Waals surface area contributed by atoms with E-state index in [0.29, 0.717) is 28.7 Å². The van der Waals surface area contributed by atoms with Crippen LogP contribution in [0.25, 0.3) is 0 Å². The summed E-state index contributed by atoms with van der Waals surface area (Å²) in [6, 6.07) is 15.7. The van der Waals surface area contributed by atoms with Gasteiger partial charge < -0.3 is 10.1 Å². The third-order valence-corrected chi connectivity index (χ3v) is 5.40. The molecule has 1 heterocycles. The summed E-state index contributed by atoms with van der Waals surface area (Å²) in [4.78, 5) is 42.4. The van der Waals surface area contributed by atoms with Gasteiger partial charge >= 0.3 is 5.97 Å². The lowest BCUT2D eigenvalue weighted by Gasteiger charge is -2.09. The summed E-state index contributed by atoms with van der Waals surface area (Å²) in [5.74, 6) is -0.783. The van der Waals surface area contributed by atoms with E-state index >= 15 is 0 Å². The molecule has 150 valence electrons. The fourth-order valence-electron chi connectivity index (χ4n) is 2.70. The number of para-hydroxylation sites is 1. The van der Waals surface area contributed by atoms with Gasteiger partial charge in [0.1, 0.15) is 5.25 Å². The second-order valence-corrected chi connectivity index (χ2v) is 7.45. The van der Waals surface area contributed by atoms with Gasteiger partial charge in [-0.2, -0.15) is 0 Å². The summed E-state index contributed by atoms with van der Waals surface area (Å²) in [5, 5.41) is 2.77. The third-order valence-electron chi connectivity index (χ3n) is 4.17. The molecular formula is C21H21N3O4S. The molecule has 1 aliphatic heterocycles. The molecule has 0 saturated carbocycles. The fraction of sp³-hybridized carbons (Fsp3) is 0.238. The van der Waals surface area contributed by atoms with E-state index < -0.39 is 11.2 Å². The number of anilines is 1. The Morgan fingerprint density at radius 1 is 1.14 bits per heavy atom. The van der Waals surface area contributed by atoms with E-state index in [9.17, 15) is 14.4 Å². The van der Waals surface area contributed by atoms with Crippen molar-refractivity contribution in [1.29, 1.82) is 0 Å². The van der Waals surface area contributed by atoms with E-state index in [1.165, 1.54) is 16.7 Å². The van der Waals surface area contributed by atoms with E-state index in [1.54, 1.807) is 50.4 Å². The van der Waals surface area contributed by atoms with E-state index in [0.717, 1.165) is 0 Å². The Hall–Kier alpha value is -3.13. The summed E-state index contributed by atoms with van der Waals surface area (Å²) in [6.07, 6.45) is 0.0591. The Kier molecular flexibility index (Phi) is 6.66. The van der Waals surface area contributed by atoms with Crippen LogP contribution in [-0.4, -0.2) is 46.8 Å². The van der Waals surface area contributed by atoms with Crippen LogP contribution in [0.2, 0.25) is 0 Å². The molecule has 1 unspecified atom stereocenters. The van der Waals surface area contributed by atoms with E-state index in [1.807, 2.05) is 18.2 Å². The maximum absolute atomic E-state index is 12.5. The second kappa shape index (κ2) is 9.38. The molecule has 0 spiro atoms. The summed E-state index contributed by atoms with van der Waals surface area (Å²) >= 11 is 1.25. The molecule has 1 saturated heterocycles. The van der Waals surface area contributed by atoms with Crippen LogP contribution in [0.5, 0.6) is 0 Å². The van der Waals surface area contributed by atoms with Crippen molar-refractivity contribution < 1.29 is 19.1 Å². The van der Waals surface area contributed by atoms with Crippen molar-refractivity contribution in [3.8, 4) is 0 Å². The summed E-state index contributed by atoms with van der Waals surface area (Å²) in [5.41, 5.74) is 1.74. The highest BCUT2D eigenvalue weighted by molar-refractivity contribution is 8.15. The molecule has 1 fully saturated rings. The molecule has 8 heteroatoms. The lowest BCUT2D eigenvalue weighted by Crippen LogP contribution is -2.30. The van der Waals surface area contributed by atoms with Gasteiger partial charge in [-0.25, -0.2) is 9.79 Å². The van der Waals surface area contributed by atoms with Crippen molar-refractivity contribution in [3.05, 3.63) is 60.2 Å². The molecule has 1 atom stereocenters. The number of carbonyl (C=O) groups excluding carboxylic acids is 3. The number of nitrogens with one attached hydrogen (secondary N) is 1. The molecule has 0 radical (unpaired) electrons. The standard InChI is InChI=1S/C21H21N3O4S/c1-3-28-20(27)14-9-11-16(12-10-14)23-21-24(2)19(26)17(29-21)13-18(25)22-15-7-5-4-6-8-15/h4-12,17H,3,13H2,1-2H3,(H,22,25). The Balaban J connectivity index is 1.65. The Morgan fingerprint density at radius 2 is 1.83 bits per heavy atom. The number of amidine groups is 1. The van der Waals surface area contributed by atoms with Crippen LogP contribution in [0.15, 0.2) is 59.6 Å². The SMILES string of the molecule is CCOC(=O)c1ccc(N=C2SC(CC(=O)Nc3ccccc3)C(=O)N2C)cc1. The molecule has 1 N–H and O–H groups in total. The number of amides is 2. The minimum atomic E-state index is -0.527. The molecule has 29 heavy (non-hydrogen) atoms. The molecule has 2 aromatic carbocycles. The monoisotopic (exact) mass is 411 g/mol. The maximum Gasteiger partial charge on any atom is 0.338 e. The molecule has 7 nitrogen and oxygen atoms in total. The average molecular weight is 411 g/mol. The van der Waals surface area contributed by atoms with Gasteiger partial charge in [0, 0.05) is 19.2 Å². The number of esters is 1. The first-order valence-corrected chi connectivity index (χ1v) is 10.0. The van der Waals surface area contributed by atoms with Crippen molar-refractivity contribution in [3.63, 3.8) is 0 Å². The van der Waals surface area contributed by atoms with Crippen molar-refractivity contribution in [2.24, 2.45) is 4.99 Å². The van der Waals surface area contributed by atoms with Gasteiger partial charge in [0.25, 0.3) is 0 Å². The molecule has 3 rings (SSSR count). The number of aliphatic imine (C=N–C) groups is 1. The van der Waals surface area contributed by atoms with Crippen molar-refractivity contribution in [2.45, 2.75) is 18.6 Å². The summed E-state index contributed by atoms with van der Waals surface area (Å²) < 4.78 is 4.96. The predicted molar refractivity (Wildman–Crippen MR) is 113 cm³/mol. The van der Waals surface area contributed by atoms with Gasteiger partial charge in [0.05, 0.1) is 17.9 Å². The lowest BCUT2D eigenvalue weighted by atomic mass is 10.2. The summed E-state index contributed by atoms with van der Waals surface area (Å²) in [7, 11) is 1.64. The highest BCUT2D eigenvalue weighted by Crippen LogP contribution is 2.30. The number of rotatable bonds is 6. The van der Waals surface area contributed by atoms with Gasteiger partial charge in [-0.1, -0.05) is 30.0 Å². The zero-order chi connectivity index (χ0) is 20.8. The molecule has 0 aromatic heterocycles.